The molecule has 0 aromatic rings. The van der Waals surface area contributed by atoms with Crippen molar-refractivity contribution in [1.29, 1.82) is 0 Å². The fraction of sp³-hybridized carbons (Fsp3) is 0.923. The Hall–Kier alpha value is -1.14. The zero-order chi connectivity index (χ0) is 22.5. The molecule has 4 aliphatic heterocycles. The number of amides is 2. The molecule has 4 heterocycles. The summed E-state index contributed by atoms with van der Waals surface area (Å²) in [5.74, 6) is 2.45. The fourth-order valence-electron chi connectivity index (χ4n) is 7.29. The molecule has 4 aliphatic rings. The van der Waals surface area contributed by atoms with E-state index in [0.717, 1.165) is 44.8 Å². The van der Waals surface area contributed by atoms with Gasteiger partial charge in [0.15, 0.2) is 0 Å². The van der Waals surface area contributed by atoms with Crippen LogP contribution in [-0.4, -0.2) is 84.4 Å². The smallest absolute Gasteiger partial charge is 0.219 e. The fourth-order valence-corrected chi connectivity index (χ4v) is 7.29. The van der Waals surface area contributed by atoms with Crippen molar-refractivity contribution < 1.29 is 9.59 Å². The van der Waals surface area contributed by atoms with Gasteiger partial charge < -0.3 is 15.1 Å². The Kier molecular flexibility index (Phi) is 8.49. The van der Waals surface area contributed by atoms with Gasteiger partial charge in [-0.2, -0.15) is 0 Å². The van der Waals surface area contributed by atoms with E-state index in [1.807, 2.05) is 0 Å². The van der Waals surface area contributed by atoms with Crippen LogP contribution < -0.4 is 5.32 Å². The van der Waals surface area contributed by atoms with Crippen LogP contribution in [0.15, 0.2) is 0 Å². The zero-order valence-electron chi connectivity index (χ0n) is 20.6. The van der Waals surface area contributed by atoms with E-state index in [1.54, 1.807) is 6.92 Å². The Labute approximate surface area is 195 Å². The maximum atomic E-state index is 12.5. The Bertz CT molecular complexity index is 631. The second-order valence-corrected chi connectivity index (χ2v) is 10.9. The number of nitrogens with zero attached hydrogens (tertiary/aromatic N) is 3. The lowest BCUT2D eigenvalue weighted by molar-refractivity contribution is -0.144. The number of hydrogen-bond donors (Lipinski definition) is 1. The average molecular weight is 447 g/mol. The minimum Gasteiger partial charge on any atom is -0.356 e. The Morgan fingerprint density at radius 1 is 0.969 bits per heavy atom. The average Bonchev–Trinajstić information content (AvgIpc) is 2.81. The second kappa shape index (κ2) is 11.3. The standard InChI is InChI=1S/C26H46N4O2/c1-3-28-17-12-21(13-18-28)11-14-27-25(32)10-4-9-24-23-8-6-16-29-15-5-7-22(26(23)29)19-30(24)20(2)31/h21-24,26H,3-19H2,1-2H3,(H,27,32)/t22-,23+,24+,26-/m0/s1. The van der Waals surface area contributed by atoms with Crippen molar-refractivity contribution >= 4 is 11.8 Å². The lowest BCUT2D eigenvalue weighted by Gasteiger charge is -2.57. The Morgan fingerprint density at radius 3 is 2.44 bits per heavy atom. The summed E-state index contributed by atoms with van der Waals surface area (Å²) in [6.07, 6.45) is 11.2. The van der Waals surface area contributed by atoms with Gasteiger partial charge in [0.25, 0.3) is 0 Å². The lowest BCUT2D eigenvalue weighted by atomic mass is 9.69. The van der Waals surface area contributed by atoms with Crippen molar-refractivity contribution in [3.05, 3.63) is 0 Å². The van der Waals surface area contributed by atoms with Crippen LogP contribution in [0.2, 0.25) is 0 Å². The van der Waals surface area contributed by atoms with Gasteiger partial charge in [-0.1, -0.05) is 6.92 Å². The van der Waals surface area contributed by atoms with Crippen LogP contribution in [0, 0.1) is 17.8 Å². The number of likely N-dealkylation sites (tertiary alicyclic amines) is 2. The molecule has 4 atom stereocenters. The van der Waals surface area contributed by atoms with Gasteiger partial charge in [0.1, 0.15) is 0 Å². The van der Waals surface area contributed by atoms with E-state index >= 15 is 0 Å². The molecule has 0 bridgehead atoms. The maximum absolute atomic E-state index is 12.5. The van der Waals surface area contributed by atoms with E-state index < -0.39 is 0 Å². The van der Waals surface area contributed by atoms with Gasteiger partial charge in [0.2, 0.25) is 11.8 Å². The molecule has 0 unspecified atom stereocenters. The normalized spacial score (nSPS) is 31.9. The summed E-state index contributed by atoms with van der Waals surface area (Å²) in [7, 11) is 0. The van der Waals surface area contributed by atoms with Crippen LogP contribution in [0.1, 0.15) is 78.1 Å². The van der Waals surface area contributed by atoms with Crippen LogP contribution in [0.5, 0.6) is 0 Å². The van der Waals surface area contributed by atoms with E-state index in [0.29, 0.717) is 30.3 Å². The highest BCUT2D eigenvalue weighted by Crippen LogP contribution is 2.43. The number of piperidine rings is 4. The van der Waals surface area contributed by atoms with E-state index in [4.69, 9.17) is 0 Å². The van der Waals surface area contributed by atoms with E-state index in [9.17, 15) is 9.59 Å². The molecule has 0 saturated carbocycles. The molecule has 4 rings (SSSR count). The minimum absolute atomic E-state index is 0.196. The Balaban J connectivity index is 1.21. The van der Waals surface area contributed by atoms with Crippen LogP contribution in [0.3, 0.4) is 0 Å². The number of hydrogen-bond acceptors (Lipinski definition) is 4. The molecule has 6 nitrogen and oxygen atoms in total. The molecule has 0 radical (unpaired) electrons. The zero-order valence-corrected chi connectivity index (χ0v) is 20.6. The quantitative estimate of drug-likeness (QED) is 0.622. The molecule has 0 spiro atoms. The summed E-state index contributed by atoms with van der Waals surface area (Å²) in [5.41, 5.74) is 0. The van der Waals surface area contributed by atoms with Gasteiger partial charge in [-0.05, 0) is 108 Å². The highest BCUT2D eigenvalue weighted by atomic mass is 16.2. The first-order valence-electron chi connectivity index (χ1n) is 13.6. The van der Waals surface area contributed by atoms with Gasteiger partial charge >= 0.3 is 0 Å². The number of nitrogens with one attached hydrogen (secondary N) is 1. The molecule has 0 aromatic carbocycles. The first-order chi connectivity index (χ1) is 15.6. The van der Waals surface area contributed by atoms with Gasteiger partial charge in [0.05, 0.1) is 0 Å². The number of carbonyl (C=O) groups is 2. The lowest BCUT2D eigenvalue weighted by Crippen LogP contribution is -2.65. The van der Waals surface area contributed by atoms with Crippen LogP contribution in [-0.2, 0) is 9.59 Å². The molecule has 32 heavy (non-hydrogen) atoms. The summed E-state index contributed by atoms with van der Waals surface area (Å²) in [4.78, 5) is 32.4. The molecule has 2 amide bonds. The van der Waals surface area contributed by atoms with Crippen LogP contribution in [0.4, 0.5) is 0 Å². The van der Waals surface area contributed by atoms with Crippen molar-refractivity contribution in [3.8, 4) is 0 Å². The summed E-state index contributed by atoms with van der Waals surface area (Å²) in [5, 5.41) is 3.17. The number of carbonyl (C=O) groups excluding carboxylic acids is 2. The predicted molar refractivity (Wildman–Crippen MR) is 128 cm³/mol. The molecule has 4 saturated heterocycles. The third-order valence-electron chi connectivity index (χ3n) is 9.01. The van der Waals surface area contributed by atoms with E-state index in [2.05, 4.69) is 26.9 Å². The summed E-state index contributed by atoms with van der Waals surface area (Å²) in [6.45, 7) is 11.8. The van der Waals surface area contributed by atoms with Crippen LogP contribution in [0.25, 0.3) is 0 Å². The first kappa shape index (κ1) is 24.0. The number of rotatable bonds is 8. The molecule has 0 aliphatic carbocycles. The van der Waals surface area contributed by atoms with Crippen molar-refractivity contribution in [2.45, 2.75) is 90.1 Å². The van der Waals surface area contributed by atoms with Crippen molar-refractivity contribution in [3.63, 3.8) is 0 Å². The van der Waals surface area contributed by atoms with Crippen molar-refractivity contribution in [2.75, 3.05) is 45.8 Å². The highest BCUT2D eigenvalue weighted by Gasteiger charge is 2.48. The summed E-state index contributed by atoms with van der Waals surface area (Å²) in [6, 6.07) is 0.997. The highest BCUT2D eigenvalue weighted by molar-refractivity contribution is 5.76. The molecule has 1 N–H and O–H groups in total. The topological polar surface area (TPSA) is 55.9 Å². The molecule has 182 valence electrons. The minimum atomic E-state index is 0.196. The maximum Gasteiger partial charge on any atom is 0.219 e. The van der Waals surface area contributed by atoms with Gasteiger partial charge in [-0.3, -0.25) is 14.5 Å². The summed E-state index contributed by atoms with van der Waals surface area (Å²) >= 11 is 0. The monoisotopic (exact) mass is 446 g/mol. The third-order valence-corrected chi connectivity index (χ3v) is 9.01. The van der Waals surface area contributed by atoms with Crippen molar-refractivity contribution in [1.82, 2.24) is 20.0 Å². The van der Waals surface area contributed by atoms with Gasteiger partial charge in [-0.25, -0.2) is 0 Å². The van der Waals surface area contributed by atoms with Crippen LogP contribution >= 0.6 is 0 Å². The van der Waals surface area contributed by atoms with Gasteiger partial charge in [-0.15, -0.1) is 0 Å². The van der Waals surface area contributed by atoms with Crippen molar-refractivity contribution in [2.24, 2.45) is 17.8 Å². The van der Waals surface area contributed by atoms with Gasteiger partial charge in [0, 0.05) is 38.5 Å². The third kappa shape index (κ3) is 5.67. The second-order valence-electron chi connectivity index (χ2n) is 10.9. The van der Waals surface area contributed by atoms with E-state index in [-0.39, 0.29) is 11.8 Å². The molecule has 0 aromatic heterocycles. The van der Waals surface area contributed by atoms with E-state index in [1.165, 1.54) is 64.7 Å². The molecular formula is C26H46N4O2. The largest absolute Gasteiger partial charge is 0.356 e. The molecule has 6 heteroatoms. The molecular weight excluding hydrogens is 400 g/mol. The first-order valence-corrected chi connectivity index (χ1v) is 13.6. The molecule has 4 fully saturated rings. The Morgan fingerprint density at radius 2 is 1.72 bits per heavy atom. The SMILES string of the molecule is CCN1CCC(CCNC(=O)CCC[C@@H]2[C@H]3CCCN4CCC[C@@H](CN2C(C)=O)[C@@H]34)CC1. The predicted octanol–water partition coefficient (Wildman–Crippen LogP) is 3.12. The summed E-state index contributed by atoms with van der Waals surface area (Å²) < 4.78 is 0.